The van der Waals surface area contributed by atoms with E-state index >= 15 is 0 Å². The Morgan fingerprint density at radius 3 is 2.40 bits per heavy atom. The fourth-order valence-electron chi connectivity index (χ4n) is 0.476. The zero-order valence-electron chi connectivity index (χ0n) is 6.85. The van der Waals surface area contributed by atoms with Crippen molar-refractivity contribution < 1.29 is 4.79 Å². The summed E-state index contributed by atoms with van der Waals surface area (Å²) in [4.78, 5) is 10.9. The molecular weight excluding hydrogens is 128 g/mol. The molecule has 0 saturated carbocycles. The highest BCUT2D eigenvalue weighted by Gasteiger charge is 2.08. The van der Waals surface area contributed by atoms with Crippen molar-refractivity contribution in [3.63, 3.8) is 0 Å². The van der Waals surface area contributed by atoms with Crippen molar-refractivity contribution in [1.82, 2.24) is 5.32 Å². The minimum absolute atomic E-state index is 0.0747. The molecule has 0 saturated heterocycles. The molecule has 0 aromatic carbocycles. The quantitative estimate of drug-likeness (QED) is 0.596. The summed E-state index contributed by atoms with van der Waals surface area (Å²) in [5.41, 5.74) is 5.33. The topological polar surface area (TPSA) is 55.1 Å². The van der Waals surface area contributed by atoms with Crippen molar-refractivity contribution in [1.29, 1.82) is 0 Å². The molecule has 0 aromatic rings. The third-order valence-electron chi connectivity index (χ3n) is 1.41. The highest BCUT2D eigenvalue weighted by atomic mass is 16.2. The molecule has 0 aliphatic heterocycles. The molecule has 0 unspecified atom stereocenters. The molecule has 60 valence electrons. The van der Waals surface area contributed by atoms with E-state index in [4.69, 9.17) is 5.73 Å². The summed E-state index contributed by atoms with van der Waals surface area (Å²) in [6.45, 7) is 5.66. The molecule has 0 aliphatic carbocycles. The molecule has 0 radical (unpaired) electrons. The first-order valence-electron chi connectivity index (χ1n) is 3.63. The Hall–Kier alpha value is -0.570. The van der Waals surface area contributed by atoms with E-state index in [9.17, 15) is 4.79 Å². The lowest BCUT2D eigenvalue weighted by Crippen LogP contribution is -2.42. The number of rotatable bonds is 3. The van der Waals surface area contributed by atoms with E-state index < -0.39 is 6.04 Å². The monoisotopic (exact) mass is 144 g/mol. The molecule has 0 spiro atoms. The summed E-state index contributed by atoms with van der Waals surface area (Å²) in [6.07, 6.45) is 0.943. The molecule has 1 amide bonds. The molecule has 0 aromatic heterocycles. The Bertz CT molecular complexity index is 112. The van der Waals surface area contributed by atoms with E-state index in [0.29, 0.717) is 0 Å². The van der Waals surface area contributed by atoms with Gasteiger partial charge in [-0.1, -0.05) is 6.92 Å². The zero-order chi connectivity index (χ0) is 8.15. The van der Waals surface area contributed by atoms with Gasteiger partial charge in [0.25, 0.3) is 0 Å². The van der Waals surface area contributed by atoms with Gasteiger partial charge in [-0.05, 0) is 20.3 Å². The van der Waals surface area contributed by atoms with Crippen LogP contribution in [0.4, 0.5) is 0 Å². The van der Waals surface area contributed by atoms with Gasteiger partial charge in [0.1, 0.15) is 0 Å². The molecule has 0 heterocycles. The van der Waals surface area contributed by atoms with Crippen molar-refractivity contribution in [3.8, 4) is 0 Å². The van der Waals surface area contributed by atoms with Crippen LogP contribution in [0.2, 0.25) is 0 Å². The lowest BCUT2D eigenvalue weighted by atomic mass is 10.2. The number of carbonyl (C=O) groups is 1. The van der Waals surface area contributed by atoms with Crippen molar-refractivity contribution in [2.75, 3.05) is 0 Å². The number of nitrogens with one attached hydrogen (secondary N) is 1. The normalized spacial score (nSPS) is 16.0. The van der Waals surface area contributed by atoms with Crippen molar-refractivity contribution >= 4 is 5.91 Å². The Labute approximate surface area is 62.0 Å². The van der Waals surface area contributed by atoms with Gasteiger partial charge in [-0.3, -0.25) is 4.79 Å². The first-order valence-corrected chi connectivity index (χ1v) is 3.63. The molecular formula is C7H16N2O. The van der Waals surface area contributed by atoms with Gasteiger partial charge in [-0.15, -0.1) is 0 Å². The minimum atomic E-state index is -0.394. The third-order valence-corrected chi connectivity index (χ3v) is 1.41. The van der Waals surface area contributed by atoms with Crippen LogP contribution in [0, 0.1) is 0 Å². The van der Waals surface area contributed by atoms with E-state index in [2.05, 4.69) is 5.32 Å². The van der Waals surface area contributed by atoms with Gasteiger partial charge < -0.3 is 11.1 Å². The largest absolute Gasteiger partial charge is 0.352 e. The average molecular weight is 144 g/mol. The third kappa shape index (κ3) is 3.45. The van der Waals surface area contributed by atoms with Crippen molar-refractivity contribution in [2.24, 2.45) is 5.73 Å². The van der Waals surface area contributed by atoms with Crippen LogP contribution in [0.1, 0.15) is 27.2 Å². The predicted octanol–water partition coefficient (Wildman–Crippen LogP) is 0.248. The summed E-state index contributed by atoms with van der Waals surface area (Å²) in [5, 5.41) is 2.77. The fourth-order valence-corrected chi connectivity index (χ4v) is 0.476. The second kappa shape index (κ2) is 4.28. The van der Waals surface area contributed by atoms with Crippen LogP contribution >= 0.6 is 0 Å². The first-order chi connectivity index (χ1) is 4.57. The number of amides is 1. The molecule has 3 N–H and O–H groups in total. The van der Waals surface area contributed by atoms with Crippen molar-refractivity contribution in [2.45, 2.75) is 39.3 Å². The Morgan fingerprint density at radius 1 is 1.60 bits per heavy atom. The van der Waals surface area contributed by atoms with Gasteiger partial charge in [0.15, 0.2) is 0 Å². The smallest absolute Gasteiger partial charge is 0.236 e. The van der Waals surface area contributed by atoms with Crippen LogP contribution in [-0.2, 0) is 4.79 Å². The summed E-state index contributed by atoms with van der Waals surface area (Å²) in [7, 11) is 0. The van der Waals surface area contributed by atoms with Crippen LogP contribution in [-0.4, -0.2) is 18.0 Å². The van der Waals surface area contributed by atoms with Gasteiger partial charge in [-0.2, -0.15) is 0 Å². The Kier molecular flexibility index (Phi) is 4.03. The van der Waals surface area contributed by atoms with E-state index in [1.54, 1.807) is 6.92 Å². The molecule has 3 nitrogen and oxygen atoms in total. The summed E-state index contributed by atoms with van der Waals surface area (Å²) in [5.74, 6) is -0.0747. The van der Waals surface area contributed by atoms with Crippen LogP contribution < -0.4 is 11.1 Å². The van der Waals surface area contributed by atoms with Crippen LogP contribution in [0.15, 0.2) is 0 Å². The molecule has 0 aliphatic rings. The predicted molar refractivity (Wildman–Crippen MR) is 41.5 cm³/mol. The van der Waals surface area contributed by atoms with Crippen molar-refractivity contribution in [3.05, 3.63) is 0 Å². The second-order valence-corrected chi connectivity index (χ2v) is 2.61. The van der Waals surface area contributed by atoms with Gasteiger partial charge >= 0.3 is 0 Å². The number of hydrogen-bond acceptors (Lipinski definition) is 2. The maximum Gasteiger partial charge on any atom is 0.236 e. The fraction of sp³-hybridized carbons (Fsp3) is 0.857. The van der Waals surface area contributed by atoms with Gasteiger partial charge in [0.2, 0.25) is 5.91 Å². The first kappa shape index (κ1) is 9.43. The zero-order valence-corrected chi connectivity index (χ0v) is 6.85. The summed E-state index contributed by atoms with van der Waals surface area (Å²) >= 11 is 0. The second-order valence-electron chi connectivity index (χ2n) is 2.61. The number of carbonyl (C=O) groups excluding carboxylic acids is 1. The summed E-state index contributed by atoms with van der Waals surface area (Å²) < 4.78 is 0. The molecule has 0 fully saturated rings. The van der Waals surface area contributed by atoms with Gasteiger partial charge in [0.05, 0.1) is 6.04 Å². The number of nitrogens with two attached hydrogens (primary N) is 1. The lowest BCUT2D eigenvalue weighted by molar-refractivity contribution is -0.122. The van der Waals surface area contributed by atoms with E-state index in [-0.39, 0.29) is 11.9 Å². The average Bonchev–Trinajstić information content (AvgIpc) is 1.87. The molecule has 2 atom stereocenters. The van der Waals surface area contributed by atoms with Gasteiger partial charge in [-0.25, -0.2) is 0 Å². The lowest BCUT2D eigenvalue weighted by Gasteiger charge is -2.12. The number of hydrogen-bond donors (Lipinski definition) is 2. The SMILES string of the molecule is CC[C@H](C)NC(=O)[C@H](C)N. The minimum Gasteiger partial charge on any atom is -0.352 e. The van der Waals surface area contributed by atoms with E-state index in [0.717, 1.165) is 6.42 Å². The molecule has 3 heteroatoms. The van der Waals surface area contributed by atoms with E-state index in [1.807, 2.05) is 13.8 Å². The van der Waals surface area contributed by atoms with Crippen LogP contribution in [0.25, 0.3) is 0 Å². The Morgan fingerprint density at radius 2 is 2.10 bits per heavy atom. The standard InChI is InChI=1S/C7H16N2O/c1-4-5(2)9-7(10)6(3)8/h5-6H,4,8H2,1-3H3,(H,9,10)/t5-,6-/m0/s1. The highest BCUT2D eigenvalue weighted by molar-refractivity contribution is 5.81. The molecule has 0 bridgehead atoms. The van der Waals surface area contributed by atoms with E-state index in [1.165, 1.54) is 0 Å². The maximum absolute atomic E-state index is 10.9. The maximum atomic E-state index is 10.9. The van der Waals surface area contributed by atoms with Crippen LogP contribution in [0.5, 0.6) is 0 Å². The van der Waals surface area contributed by atoms with Gasteiger partial charge in [0, 0.05) is 6.04 Å². The molecule has 10 heavy (non-hydrogen) atoms. The highest BCUT2D eigenvalue weighted by Crippen LogP contribution is 1.87. The molecule has 0 rings (SSSR count). The summed E-state index contributed by atoms with van der Waals surface area (Å²) in [6, 6.07) is -0.160. The Balaban J connectivity index is 3.57. The van der Waals surface area contributed by atoms with Crippen LogP contribution in [0.3, 0.4) is 0 Å².